The highest BCUT2D eigenvalue weighted by atomic mass is 16.6. The molecular formula is C9H15NO3. The van der Waals surface area contributed by atoms with Crippen LogP contribution in [0.5, 0.6) is 0 Å². The Balaban J connectivity index is 1.77. The molecule has 1 N–H and O–H groups in total. The summed E-state index contributed by atoms with van der Waals surface area (Å²) in [5, 5.41) is 2.67. The fourth-order valence-corrected chi connectivity index (χ4v) is 0.837. The Hall–Kier alpha value is -0.870. The summed E-state index contributed by atoms with van der Waals surface area (Å²) in [6.45, 7) is 6.15. The van der Waals surface area contributed by atoms with E-state index < -0.39 is 0 Å². The molecule has 1 aliphatic heterocycles. The molecule has 74 valence electrons. The number of rotatable bonds is 7. The molecule has 1 saturated heterocycles. The third kappa shape index (κ3) is 5.38. The second-order valence-corrected chi connectivity index (χ2v) is 2.88. The molecule has 0 bridgehead atoms. The highest BCUT2D eigenvalue weighted by Crippen LogP contribution is 2.08. The zero-order valence-corrected chi connectivity index (χ0v) is 7.62. The van der Waals surface area contributed by atoms with Crippen LogP contribution >= 0.6 is 0 Å². The van der Waals surface area contributed by atoms with Crippen LogP contribution < -0.4 is 5.32 Å². The van der Waals surface area contributed by atoms with Crippen LogP contribution in [0.1, 0.15) is 6.42 Å². The lowest BCUT2D eigenvalue weighted by atomic mass is 10.4. The Labute approximate surface area is 77.9 Å². The molecule has 0 radical (unpaired) electrons. The van der Waals surface area contributed by atoms with Crippen LogP contribution in [0.15, 0.2) is 12.7 Å². The van der Waals surface area contributed by atoms with E-state index in [1.807, 2.05) is 0 Å². The molecule has 4 nitrogen and oxygen atoms in total. The van der Waals surface area contributed by atoms with Crippen molar-refractivity contribution < 1.29 is 14.3 Å². The van der Waals surface area contributed by atoms with Crippen molar-refractivity contribution in [3.8, 4) is 0 Å². The summed E-state index contributed by atoms with van der Waals surface area (Å²) >= 11 is 0. The van der Waals surface area contributed by atoms with Gasteiger partial charge in [0.05, 0.1) is 13.2 Å². The quantitative estimate of drug-likeness (QED) is 0.347. The van der Waals surface area contributed by atoms with E-state index in [0.717, 1.165) is 13.0 Å². The Morgan fingerprint density at radius 2 is 2.54 bits per heavy atom. The molecule has 0 aromatic carbocycles. The number of nitrogens with one attached hydrogen (secondary N) is 1. The summed E-state index contributed by atoms with van der Waals surface area (Å²) in [7, 11) is 0. The van der Waals surface area contributed by atoms with Crippen LogP contribution in [0.4, 0.5) is 0 Å². The average Bonchev–Trinajstić information content (AvgIpc) is 2.94. The second-order valence-electron chi connectivity index (χ2n) is 2.88. The summed E-state index contributed by atoms with van der Waals surface area (Å²) in [5.74, 6) is -0.134. The van der Waals surface area contributed by atoms with E-state index in [0.29, 0.717) is 25.9 Å². The third-order valence-electron chi connectivity index (χ3n) is 1.66. The second kappa shape index (κ2) is 5.72. The van der Waals surface area contributed by atoms with Crippen molar-refractivity contribution >= 4 is 5.91 Å². The van der Waals surface area contributed by atoms with Gasteiger partial charge in [-0.1, -0.05) is 6.58 Å². The standard InChI is InChI=1S/C9H15NO3/c1-2-9(11)10-4-3-5-12-6-8-7-13-8/h2,8H,1,3-7H2,(H,10,11). The van der Waals surface area contributed by atoms with Crippen LogP contribution in [-0.2, 0) is 14.3 Å². The van der Waals surface area contributed by atoms with Gasteiger partial charge in [-0.25, -0.2) is 0 Å². The van der Waals surface area contributed by atoms with Crippen molar-refractivity contribution in [1.82, 2.24) is 5.32 Å². The predicted octanol–water partition coefficient (Wildman–Crippen LogP) is 0.0941. The van der Waals surface area contributed by atoms with Gasteiger partial charge in [0.1, 0.15) is 6.10 Å². The number of carbonyl (C=O) groups is 1. The normalized spacial score (nSPS) is 19.5. The van der Waals surface area contributed by atoms with E-state index in [4.69, 9.17) is 9.47 Å². The number of hydrogen-bond donors (Lipinski definition) is 1. The number of epoxide rings is 1. The number of hydrogen-bond acceptors (Lipinski definition) is 3. The molecule has 1 rings (SSSR count). The minimum absolute atomic E-state index is 0.134. The predicted molar refractivity (Wildman–Crippen MR) is 48.4 cm³/mol. The van der Waals surface area contributed by atoms with E-state index in [2.05, 4.69) is 11.9 Å². The Kier molecular flexibility index (Phi) is 4.49. The average molecular weight is 185 g/mol. The maximum Gasteiger partial charge on any atom is 0.243 e. The Bertz CT molecular complexity index is 178. The molecule has 1 fully saturated rings. The van der Waals surface area contributed by atoms with Crippen molar-refractivity contribution in [2.24, 2.45) is 0 Å². The van der Waals surface area contributed by atoms with Crippen LogP contribution in [0.3, 0.4) is 0 Å². The highest BCUT2D eigenvalue weighted by molar-refractivity contribution is 5.86. The molecule has 1 aliphatic rings. The van der Waals surface area contributed by atoms with Gasteiger partial charge >= 0.3 is 0 Å². The molecule has 0 aromatic heterocycles. The van der Waals surface area contributed by atoms with Crippen LogP contribution in [0, 0.1) is 0 Å². The molecular weight excluding hydrogens is 170 g/mol. The van der Waals surface area contributed by atoms with Crippen molar-refractivity contribution in [2.75, 3.05) is 26.4 Å². The van der Waals surface area contributed by atoms with Gasteiger partial charge in [0.15, 0.2) is 0 Å². The minimum atomic E-state index is -0.134. The first-order valence-electron chi connectivity index (χ1n) is 4.42. The molecule has 1 atom stereocenters. The van der Waals surface area contributed by atoms with Crippen molar-refractivity contribution in [1.29, 1.82) is 0 Å². The van der Waals surface area contributed by atoms with Gasteiger partial charge in [-0.3, -0.25) is 4.79 Å². The lowest BCUT2D eigenvalue weighted by Crippen LogP contribution is -2.23. The minimum Gasteiger partial charge on any atom is -0.379 e. The molecule has 1 amide bonds. The lowest BCUT2D eigenvalue weighted by molar-refractivity contribution is -0.116. The van der Waals surface area contributed by atoms with Gasteiger partial charge in [0.2, 0.25) is 5.91 Å². The van der Waals surface area contributed by atoms with E-state index in [-0.39, 0.29) is 5.91 Å². The van der Waals surface area contributed by atoms with Crippen LogP contribution in [-0.4, -0.2) is 38.4 Å². The summed E-state index contributed by atoms with van der Waals surface area (Å²) in [4.78, 5) is 10.7. The SMILES string of the molecule is C=CC(=O)NCCCOCC1CO1. The maximum absolute atomic E-state index is 10.7. The van der Waals surface area contributed by atoms with Crippen molar-refractivity contribution in [3.05, 3.63) is 12.7 Å². The van der Waals surface area contributed by atoms with E-state index in [9.17, 15) is 4.79 Å². The van der Waals surface area contributed by atoms with Gasteiger partial charge in [-0.05, 0) is 12.5 Å². The fraction of sp³-hybridized carbons (Fsp3) is 0.667. The first kappa shape index (κ1) is 10.2. The van der Waals surface area contributed by atoms with E-state index >= 15 is 0 Å². The van der Waals surface area contributed by atoms with Gasteiger partial charge in [-0.2, -0.15) is 0 Å². The van der Waals surface area contributed by atoms with Gasteiger partial charge < -0.3 is 14.8 Å². The zero-order valence-electron chi connectivity index (χ0n) is 7.62. The van der Waals surface area contributed by atoms with Gasteiger partial charge in [0.25, 0.3) is 0 Å². The number of amides is 1. The lowest BCUT2D eigenvalue weighted by Gasteiger charge is -2.02. The van der Waals surface area contributed by atoms with Crippen molar-refractivity contribution in [3.63, 3.8) is 0 Å². The Morgan fingerprint density at radius 1 is 1.77 bits per heavy atom. The van der Waals surface area contributed by atoms with E-state index in [1.54, 1.807) is 0 Å². The molecule has 13 heavy (non-hydrogen) atoms. The summed E-state index contributed by atoms with van der Waals surface area (Å²) < 4.78 is 10.2. The first-order chi connectivity index (χ1) is 6.33. The largest absolute Gasteiger partial charge is 0.379 e. The van der Waals surface area contributed by atoms with Crippen molar-refractivity contribution in [2.45, 2.75) is 12.5 Å². The highest BCUT2D eigenvalue weighted by Gasteiger charge is 2.21. The summed E-state index contributed by atoms with van der Waals surface area (Å²) in [5.41, 5.74) is 0. The monoisotopic (exact) mass is 185 g/mol. The molecule has 0 saturated carbocycles. The molecule has 0 aromatic rings. The zero-order chi connectivity index (χ0) is 9.52. The molecule has 4 heteroatoms. The Morgan fingerprint density at radius 3 is 3.15 bits per heavy atom. The molecule has 0 aliphatic carbocycles. The van der Waals surface area contributed by atoms with Gasteiger partial charge in [0, 0.05) is 13.2 Å². The van der Waals surface area contributed by atoms with Gasteiger partial charge in [-0.15, -0.1) is 0 Å². The molecule has 0 spiro atoms. The maximum atomic E-state index is 10.7. The first-order valence-corrected chi connectivity index (χ1v) is 4.42. The fourth-order valence-electron chi connectivity index (χ4n) is 0.837. The summed E-state index contributed by atoms with van der Waals surface area (Å²) in [6.07, 6.45) is 2.41. The molecule has 1 heterocycles. The van der Waals surface area contributed by atoms with Crippen LogP contribution in [0.25, 0.3) is 0 Å². The summed E-state index contributed by atoms with van der Waals surface area (Å²) in [6, 6.07) is 0. The number of carbonyl (C=O) groups excluding carboxylic acids is 1. The van der Waals surface area contributed by atoms with Crippen LogP contribution in [0.2, 0.25) is 0 Å². The van der Waals surface area contributed by atoms with E-state index in [1.165, 1.54) is 6.08 Å². The molecule has 1 unspecified atom stereocenters. The smallest absolute Gasteiger partial charge is 0.243 e. The third-order valence-corrected chi connectivity index (χ3v) is 1.66. The number of ether oxygens (including phenoxy) is 2. The topological polar surface area (TPSA) is 50.9 Å².